The average molecular weight is 372 g/mol. The molecule has 2 aromatic carbocycles. The molecule has 0 aliphatic carbocycles. The van der Waals surface area contributed by atoms with Gasteiger partial charge in [0.1, 0.15) is 5.82 Å². The number of para-hydroxylation sites is 1. The van der Waals surface area contributed by atoms with Crippen molar-refractivity contribution in [1.29, 1.82) is 0 Å². The minimum atomic E-state index is 0.0754. The second-order valence-corrected chi connectivity index (χ2v) is 6.92. The lowest BCUT2D eigenvalue weighted by Crippen LogP contribution is -2.26. The van der Waals surface area contributed by atoms with E-state index in [0.717, 1.165) is 30.7 Å². The van der Waals surface area contributed by atoms with Crippen LogP contribution in [0.5, 0.6) is 0 Å². The number of aryl methyl sites for hydroxylation is 1. The number of nitrogens with one attached hydrogen (secondary N) is 2. The zero-order valence-corrected chi connectivity index (χ0v) is 15.8. The monoisotopic (exact) mass is 372 g/mol. The summed E-state index contributed by atoms with van der Waals surface area (Å²) in [4.78, 5) is 19.9. The Hall–Kier alpha value is -3.34. The minimum absolute atomic E-state index is 0.0754. The van der Waals surface area contributed by atoms with Crippen LogP contribution in [0.4, 0.5) is 0 Å². The lowest BCUT2D eigenvalue weighted by atomic mass is 10.1. The van der Waals surface area contributed by atoms with Gasteiger partial charge in [0.25, 0.3) is 0 Å². The molecule has 4 aromatic rings. The van der Waals surface area contributed by atoms with Crippen LogP contribution in [0.2, 0.25) is 0 Å². The van der Waals surface area contributed by atoms with Gasteiger partial charge in [0.15, 0.2) is 0 Å². The predicted octanol–water partition coefficient (Wildman–Crippen LogP) is 3.70. The van der Waals surface area contributed by atoms with Crippen LogP contribution in [-0.4, -0.2) is 27.0 Å². The first-order chi connectivity index (χ1) is 13.8. The van der Waals surface area contributed by atoms with Crippen molar-refractivity contribution >= 4 is 16.8 Å². The Morgan fingerprint density at radius 1 is 1.04 bits per heavy atom. The third-order valence-corrected chi connectivity index (χ3v) is 4.96. The second kappa shape index (κ2) is 8.57. The van der Waals surface area contributed by atoms with E-state index in [9.17, 15) is 4.79 Å². The number of aromatic amines is 1. The molecule has 0 aliphatic heterocycles. The van der Waals surface area contributed by atoms with Crippen molar-refractivity contribution in [3.8, 4) is 0 Å². The van der Waals surface area contributed by atoms with Crippen LogP contribution < -0.4 is 5.32 Å². The topological polar surface area (TPSA) is 62.7 Å². The van der Waals surface area contributed by atoms with Crippen LogP contribution in [0.25, 0.3) is 10.9 Å². The molecular formula is C23H24N4O. The SMILES string of the molecule is O=C(CCc1c[nH]c2ccccc12)NCCc1nccn1Cc1ccccc1. The summed E-state index contributed by atoms with van der Waals surface area (Å²) in [6, 6.07) is 18.5. The van der Waals surface area contributed by atoms with Crippen LogP contribution in [0.1, 0.15) is 23.4 Å². The van der Waals surface area contributed by atoms with Gasteiger partial charge >= 0.3 is 0 Å². The number of nitrogens with zero attached hydrogens (tertiary/aromatic N) is 2. The molecule has 0 fully saturated rings. The lowest BCUT2D eigenvalue weighted by molar-refractivity contribution is -0.121. The van der Waals surface area contributed by atoms with E-state index >= 15 is 0 Å². The lowest BCUT2D eigenvalue weighted by Gasteiger charge is -2.09. The van der Waals surface area contributed by atoms with E-state index in [0.29, 0.717) is 13.0 Å². The van der Waals surface area contributed by atoms with Gasteiger partial charge in [-0.1, -0.05) is 48.5 Å². The van der Waals surface area contributed by atoms with Crippen molar-refractivity contribution in [2.45, 2.75) is 25.8 Å². The Bertz CT molecular complexity index is 1050. The van der Waals surface area contributed by atoms with Crippen LogP contribution in [0.15, 0.2) is 73.2 Å². The van der Waals surface area contributed by atoms with Gasteiger partial charge in [-0.3, -0.25) is 4.79 Å². The number of benzene rings is 2. The highest BCUT2D eigenvalue weighted by molar-refractivity contribution is 5.84. The summed E-state index contributed by atoms with van der Waals surface area (Å²) in [5.41, 5.74) is 3.54. The smallest absolute Gasteiger partial charge is 0.220 e. The van der Waals surface area contributed by atoms with E-state index in [1.54, 1.807) is 0 Å². The highest BCUT2D eigenvalue weighted by Crippen LogP contribution is 2.18. The molecular weight excluding hydrogens is 348 g/mol. The molecule has 0 saturated heterocycles. The number of hydrogen-bond acceptors (Lipinski definition) is 2. The Morgan fingerprint density at radius 2 is 1.86 bits per heavy atom. The van der Waals surface area contributed by atoms with Gasteiger partial charge in [-0.2, -0.15) is 0 Å². The molecule has 28 heavy (non-hydrogen) atoms. The molecule has 2 heterocycles. The van der Waals surface area contributed by atoms with Gasteiger partial charge in [-0.15, -0.1) is 0 Å². The summed E-state index contributed by atoms with van der Waals surface area (Å²) in [7, 11) is 0. The van der Waals surface area contributed by atoms with Crippen molar-refractivity contribution in [2.75, 3.05) is 6.54 Å². The van der Waals surface area contributed by atoms with Crippen molar-refractivity contribution in [2.24, 2.45) is 0 Å². The number of rotatable bonds is 8. The van der Waals surface area contributed by atoms with Crippen molar-refractivity contribution < 1.29 is 4.79 Å². The van der Waals surface area contributed by atoms with Crippen LogP contribution in [0.3, 0.4) is 0 Å². The van der Waals surface area contributed by atoms with Crippen LogP contribution in [-0.2, 0) is 24.2 Å². The van der Waals surface area contributed by atoms with Crippen LogP contribution >= 0.6 is 0 Å². The molecule has 0 saturated carbocycles. The molecule has 142 valence electrons. The van der Waals surface area contributed by atoms with Gasteiger partial charge in [0.05, 0.1) is 0 Å². The Kier molecular flexibility index (Phi) is 5.52. The molecule has 4 rings (SSSR count). The Morgan fingerprint density at radius 3 is 2.75 bits per heavy atom. The van der Waals surface area contributed by atoms with E-state index in [1.165, 1.54) is 16.5 Å². The number of imidazole rings is 1. The van der Waals surface area contributed by atoms with E-state index in [-0.39, 0.29) is 5.91 Å². The molecule has 0 bridgehead atoms. The minimum Gasteiger partial charge on any atom is -0.361 e. The maximum absolute atomic E-state index is 12.2. The second-order valence-electron chi connectivity index (χ2n) is 6.92. The Balaban J connectivity index is 1.25. The first kappa shape index (κ1) is 18.0. The number of H-pyrrole nitrogens is 1. The summed E-state index contributed by atoms with van der Waals surface area (Å²) in [5, 5.41) is 4.21. The first-order valence-corrected chi connectivity index (χ1v) is 9.65. The molecule has 5 nitrogen and oxygen atoms in total. The maximum atomic E-state index is 12.2. The number of carbonyl (C=O) groups excluding carboxylic acids is 1. The van der Waals surface area contributed by atoms with Gasteiger partial charge in [-0.25, -0.2) is 4.98 Å². The fourth-order valence-corrected chi connectivity index (χ4v) is 3.48. The molecule has 2 aromatic heterocycles. The quantitative estimate of drug-likeness (QED) is 0.495. The maximum Gasteiger partial charge on any atom is 0.220 e. The predicted molar refractivity (Wildman–Crippen MR) is 111 cm³/mol. The number of carbonyl (C=O) groups is 1. The van der Waals surface area contributed by atoms with Gasteiger partial charge < -0.3 is 14.9 Å². The van der Waals surface area contributed by atoms with Gasteiger partial charge in [0.2, 0.25) is 5.91 Å². The fourth-order valence-electron chi connectivity index (χ4n) is 3.48. The van der Waals surface area contributed by atoms with E-state index in [1.807, 2.05) is 48.9 Å². The third kappa shape index (κ3) is 4.31. The highest BCUT2D eigenvalue weighted by atomic mass is 16.1. The number of hydrogen-bond donors (Lipinski definition) is 2. The van der Waals surface area contributed by atoms with E-state index in [4.69, 9.17) is 0 Å². The van der Waals surface area contributed by atoms with Crippen molar-refractivity contribution in [3.05, 3.63) is 90.1 Å². The summed E-state index contributed by atoms with van der Waals surface area (Å²) < 4.78 is 2.13. The zero-order chi connectivity index (χ0) is 19.2. The first-order valence-electron chi connectivity index (χ1n) is 9.65. The highest BCUT2D eigenvalue weighted by Gasteiger charge is 2.08. The number of fused-ring (bicyclic) bond motifs is 1. The Labute approximate surface area is 164 Å². The number of amides is 1. The molecule has 0 atom stereocenters. The molecule has 2 N–H and O–H groups in total. The third-order valence-electron chi connectivity index (χ3n) is 4.96. The fraction of sp³-hybridized carbons (Fsp3) is 0.217. The summed E-state index contributed by atoms with van der Waals surface area (Å²) in [6.45, 7) is 1.39. The molecule has 0 radical (unpaired) electrons. The molecule has 5 heteroatoms. The zero-order valence-electron chi connectivity index (χ0n) is 15.8. The van der Waals surface area contributed by atoms with E-state index < -0.39 is 0 Å². The molecule has 0 unspecified atom stereocenters. The molecule has 0 aliphatic rings. The van der Waals surface area contributed by atoms with E-state index in [2.05, 4.69) is 44.1 Å². The van der Waals surface area contributed by atoms with Crippen LogP contribution in [0, 0.1) is 0 Å². The summed E-state index contributed by atoms with van der Waals surface area (Å²) >= 11 is 0. The number of aromatic nitrogens is 3. The van der Waals surface area contributed by atoms with Crippen molar-refractivity contribution in [1.82, 2.24) is 19.9 Å². The normalized spacial score (nSPS) is 11.0. The summed E-state index contributed by atoms with van der Waals surface area (Å²) in [5.74, 6) is 1.06. The summed E-state index contributed by atoms with van der Waals surface area (Å²) in [6.07, 6.45) is 7.74. The average Bonchev–Trinajstić information content (AvgIpc) is 3.34. The van der Waals surface area contributed by atoms with Gasteiger partial charge in [0, 0.05) is 55.4 Å². The molecule has 1 amide bonds. The van der Waals surface area contributed by atoms with Crippen molar-refractivity contribution in [3.63, 3.8) is 0 Å². The molecule has 0 spiro atoms. The standard InChI is InChI=1S/C23H24N4O/c28-23(11-10-19-16-26-21-9-5-4-8-20(19)21)25-13-12-22-24-14-15-27(22)17-18-6-2-1-3-7-18/h1-9,14-16,26H,10-13,17H2,(H,25,28). The van der Waals surface area contributed by atoms with Gasteiger partial charge in [-0.05, 0) is 23.6 Å². The largest absolute Gasteiger partial charge is 0.361 e.